The molecule has 2 rings (SSSR count). The van der Waals surface area contributed by atoms with Crippen LogP contribution in [-0.4, -0.2) is 5.91 Å². The van der Waals surface area contributed by atoms with Crippen LogP contribution in [0.25, 0.3) is 0 Å². The highest BCUT2D eigenvalue weighted by atomic mass is 16.1. The molecule has 4 heteroatoms. The number of aryl methyl sites for hydroxylation is 2. The van der Waals surface area contributed by atoms with Crippen LogP contribution in [0.1, 0.15) is 21.5 Å². The molecule has 0 heterocycles. The second kappa shape index (κ2) is 5.02. The molecule has 0 atom stereocenters. The lowest BCUT2D eigenvalue weighted by molar-refractivity contribution is 0.102. The van der Waals surface area contributed by atoms with Gasteiger partial charge in [0, 0.05) is 22.6 Å². The highest BCUT2D eigenvalue weighted by Crippen LogP contribution is 2.19. The molecule has 2 aromatic carbocycles. The fourth-order valence-electron chi connectivity index (χ4n) is 1.87. The summed E-state index contributed by atoms with van der Waals surface area (Å²) >= 11 is 0. The summed E-state index contributed by atoms with van der Waals surface area (Å²) in [5.41, 5.74) is 15.7. The predicted molar refractivity (Wildman–Crippen MR) is 79.1 cm³/mol. The van der Waals surface area contributed by atoms with E-state index < -0.39 is 0 Å². The van der Waals surface area contributed by atoms with Gasteiger partial charge in [-0.25, -0.2) is 0 Å². The lowest BCUT2D eigenvalue weighted by Crippen LogP contribution is -2.13. The maximum Gasteiger partial charge on any atom is 0.255 e. The second-order valence-corrected chi connectivity index (χ2v) is 4.66. The Labute approximate surface area is 112 Å². The van der Waals surface area contributed by atoms with Crippen LogP contribution in [0.3, 0.4) is 0 Å². The molecule has 0 aliphatic rings. The van der Waals surface area contributed by atoms with Crippen LogP contribution in [-0.2, 0) is 0 Å². The number of hydrogen-bond acceptors (Lipinski definition) is 3. The average Bonchev–Trinajstić information content (AvgIpc) is 2.32. The molecule has 0 aliphatic heterocycles. The van der Waals surface area contributed by atoms with Crippen LogP contribution in [0.2, 0.25) is 0 Å². The number of nitrogen functional groups attached to an aromatic ring is 2. The summed E-state index contributed by atoms with van der Waals surface area (Å²) in [7, 11) is 0. The number of anilines is 3. The van der Waals surface area contributed by atoms with E-state index >= 15 is 0 Å². The number of amides is 1. The first-order valence-corrected chi connectivity index (χ1v) is 6.00. The van der Waals surface area contributed by atoms with Crippen LogP contribution >= 0.6 is 0 Å². The Hall–Kier alpha value is -2.49. The number of hydrogen-bond donors (Lipinski definition) is 3. The van der Waals surface area contributed by atoms with E-state index in [-0.39, 0.29) is 5.91 Å². The summed E-state index contributed by atoms with van der Waals surface area (Å²) in [6.07, 6.45) is 0. The molecule has 4 nitrogen and oxygen atoms in total. The fourth-order valence-corrected chi connectivity index (χ4v) is 1.87. The van der Waals surface area contributed by atoms with Crippen molar-refractivity contribution in [1.29, 1.82) is 0 Å². The first-order chi connectivity index (χ1) is 8.95. The summed E-state index contributed by atoms with van der Waals surface area (Å²) in [6, 6.07) is 10.7. The Morgan fingerprint density at radius 1 is 1.00 bits per heavy atom. The van der Waals surface area contributed by atoms with Gasteiger partial charge in [-0.05, 0) is 49.2 Å². The first-order valence-electron chi connectivity index (χ1n) is 6.00. The fraction of sp³-hybridized carbons (Fsp3) is 0.133. The van der Waals surface area contributed by atoms with Gasteiger partial charge in [0.1, 0.15) is 0 Å². The van der Waals surface area contributed by atoms with Gasteiger partial charge in [0.25, 0.3) is 5.91 Å². The Balaban J connectivity index is 2.28. The SMILES string of the molecule is Cc1ccc(C)c(NC(=O)c2cc(N)cc(N)c2)c1. The van der Waals surface area contributed by atoms with Crippen molar-refractivity contribution in [1.82, 2.24) is 0 Å². The predicted octanol–water partition coefficient (Wildman–Crippen LogP) is 2.72. The minimum atomic E-state index is -0.215. The molecule has 2 aromatic rings. The Kier molecular flexibility index (Phi) is 3.42. The number of nitrogens with two attached hydrogens (primary N) is 2. The molecule has 5 N–H and O–H groups in total. The standard InChI is InChI=1S/C15H17N3O/c1-9-3-4-10(2)14(5-9)18-15(19)11-6-12(16)8-13(17)7-11/h3-8H,16-17H2,1-2H3,(H,18,19). The molecule has 0 unspecified atom stereocenters. The van der Waals surface area contributed by atoms with Crippen molar-refractivity contribution in [2.75, 3.05) is 16.8 Å². The molecule has 0 aliphatic carbocycles. The topological polar surface area (TPSA) is 81.1 Å². The van der Waals surface area contributed by atoms with Crippen molar-refractivity contribution in [3.63, 3.8) is 0 Å². The highest BCUT2D eigenvalue weighted by Gasteiger charge is 2.09. The van der Waals surface area contributed by atoms with E-state index in [9.17, 15) is 4.79 Å². The summed E-state index contributed by atoms with van der Waals surface area (Å²) in [6.45, 7) is 3.93. The molecule has 0 radical (unpaired) electrons. The Bertz CT molecular complexity index is 615. The molecule has 0 fully saturated rings. The van der Waals surface area contributed by atoms with Crippen LogP contribution in [0.15, 0.2) is 36.4 Å². The van der Waals surface area contributed by atoms with Crippen molar-refractivity contribution in [2.45, 2.75) is 13.8 Å². The maximum absolute atomic E-state index is 12.2. The largest absolute Gasteiger partial charge is 0.399 e. The van der Waals surface area contributed by atoms with E-state index in [2.05, 4.69) is 5.32 Å². The third kappa shape index (κ3) is 3.04. The van der Waals surface area contributed by atoms with Crippen molar-refractivity contribution in [3.8, 4) is 0 Å². The van der Waals surface area contributed by atoms with Crippen LogP contribution in [0.5, 0.6) is 0 Å². The van der Waals surface area contributed by atoms with Crippen LogP contribution in [0.4, 0.5) is 17.1 Å². The highest BCUT2D eigenvalue weighted by molar-refractivity contribution is 6.05. The third-order valence-electron chi connectivity index (χ3n) is 2.88. The normalized spacial score (nSPS) is 10.2. The molecule has 0 saturated heterocycles. The van der Waals surface area contributed by atoms with Gasteiger partial charge in [0.2, 0.25) is 0 Å². The Morgan fingerprint density at radius 3 is 2.26 bits per heavy atom. The summed E-state index contributed by atoms with van der Waals surface area (Å²) in [4.78, 5) is 12.2. The summed E-state index contributed by atoms with van der Waals surface area (Å²) in [5.74, 6) is -0.215. The third-order valence-corrected chi connectivity index (χ3v) is 2.88. The van der Waals surface area contributed by atoms with E-state index in [0.29, 0.717) is 16.9 Å². The van der Waals surface area contributed by atoms with Crippen LogP contribution in [0, 0.1) is 13.8 Å². The molecular formula is C15H17N3O. The van der Waals surface area contributed by atoms with Gasteiger partial charge in [-0.2, -0.15) is 0 Å². The first kappa shape index (κ1) is 13.0. The second-order valence-electron chi connectivity index (χ2n) is 4.66. The number of nitrogens with one attached hydrogen (secondary N) is 1. The summed E-state index contributed by atoms with van der Waals surface area (Å²) < 4.78 is 0. The van der Waals surface area contributed by atoms with E-state index in [1.54, 1.807) is 18.2 Å². The lowest BCUT2D eigenvalue weighted by atomic mass is 10.1. The quantitative estimate of drug-likeness (QED) is 0.722. The summed E-state index contributed by atoms with van der Waals surface area (Å²) in [5, 5.41) is 2.87. The lowest BCUT2D eigenvalue weighted by Gasteiger charge is -2.10. The van der Waals surface area contributed by atoms with E-state index in [1.807, 2.05) is 32.0 Å². The van der Waals surface area contributed by atoms with Gasteiger partial charge in [-0.3, -0.25) is 4.79 Å². The van der Waals surface area contributed by atoms with Gasteiger partial charge >= 0.3 is 0 Å². The van der Waals surface area contributed by atoms with Gasteiger partial charge in [0.15, 0.2) is 0 Å². The molecule has 0 aromatic heterocycles. The zero-order valence-corrected chi connectivity index (χ0v) is 11.0. The van der Waals surface area contributed by atoms with Crippen molar-refractivity contribution in [2.24, 2.45) is 0 Å². The van der Waals surface area contributed by atoms with E-state index in [0.717, 1.165) is 16.8 Å². The molecule has 19 heavy (non-hydrogen) atoms. The van der Waals surface area contributed by atoms with Crippen molar-refractivity contribution in [3.05, 3.63) is 53.1 Å². The maximum atomic E-state index is 12.2. The molecule has 0 bridgehead atoms. The molecule has 98 valence electrons. The Morgan fingerprint density at radius 2 is 1.63 bits per heavy atom. The monoisotopic (exact) mass is 255 g/mol. The minimum Gasteiger partial charge on any atom is -0.399 e. The number of benzene rings is 2. The van der Waals surface area contributed by atoms with Gasteiger partial charge < -0.3 is 16.8 Å². The smallest absolute Gasteiger partial charge is 0.255 e. The molecule has 1 amide bonds. The van der Waals surface area contributed by atoms with E-state index in [1.165, 1.54) is 0 Å². The zero-order valence-electron chi connectivity index (χ0n) is 11.0. The number of carbonyl (C=O) groups excluding carboxylic acids is 1. The van der Waals surface area contributed by atoms with Crippen LogP contribution < -0.4 is 16.8 Å². The van der Waals surface area contributed by atoms with Crippen molar-refractivity contribution >= 4 is 23.0 Å². The average molecular weight is 255 g/mol. The molecular weight excluding hydrogens is 238 g/mol. The van der Waals surface area contributed by atoms with Gasteiger partial charge in [-0.1, -0.05) is 12.1 Å². The number of carbonyl (C=O) groups is 1. The molecule has 0 spiro atoms. The zero-order chi connectivity index (χ0) is 14.0. The minimum absolute atomic E-state index is 0.215. The molecule has 0 saturated carbocycles. The van der Waals surface area contributed by atoms with Gasteiger partial charge in [0.05, 0.1) is 0 Å². The van der Waals surface area contributed by atoms with E-state index in [4.69, 9.17) is 11.5 Å². The van der Waals surface area contributed by atoms with Crippen molar-refractivity contribution < 1.29 is 4.79 Å². The number of rotatable bonds is 2. The van der Waals surface area contributed by atoms with Gasteiger partial charge in [-0.15, -0.1) is 0 Å².